The smallest absolute Gasteiger partial charge is 0.303 e. The van der Waals surface area contributed by atoms with Gasteiger partial charge in [0.25, 0.3) is 0 Å². The van der Waals surface area contributed by atoms with E-state index in [9.17, 15) is 14.4 Å². The molecule has 96 valence electrons. The van der Waals surface area contributed by atoms with Crippen LogP contribution in [0, 0.1) is 0 Å². The summed E-state index contributed by atoms with van der Waals surface area (Å²) in [6.45, 7) is 3.87. The van der Waals surface area contributed by atoms with Crippen LogP contribution in [0.25, 0.3) is 0 Å². The predicted molar refractivity (Wildman–Crippen MR) is 55.9 cm³/mol. The standard InChI is InChI=1S/C11H16O6/c1-6(12)15-9-4-10(16-7(2)13)11(5-9)17-8(3)14/h9-11H,4-5H2,1-3H3/t9-,10-,11+. The maximum atomic E-state index is 10.9. The summed E-state index contributed by atoms with van der Waals surface area (Å²) >= 11 is 0. The van der Waals surface area contributed by atoms with Crippen LogP contribution in [0.15, 0.2) is 0 Å². The lowest BCUT2D eigenvalue weighted by atomic mass is 10.2. The minimum Gasteiger partial charge on any atom is -0.462 e. The Kier molecular flexibility index (Phi) is 4.48. The first-order valence-electron chi connectivity index (χ1n) is 5.40. The predicted octanol–water partition coefficient (Wildman–Crippen LogP) is 0.575. The van der Waals surface area contributed by atoms with E-state index < -0.39 is 30.1 Å². The van der Waals surface area contributed by atoms with Gasteiger partial charge in [-0.05, 0) is 0 Å². The van der Waals surface area contributed by atoms with Gasteiger partial charge in [-0.25, -0.2) is 0 Å². The van der Waals surface area contributed by atoms with Gasteiger partial charge in [0.1, 0.15) is 18.3 Å². The van der Waals surface area contributed by atoms with E-state index in [-0.39, 0.29) is 6.10 Å². The van der Waals surface area contributed by atoms with E-state index in [1.54, 1.807) is 0 Å². The van der Waals surface area contributed by atoms with Crippen molar-refractivity contribution in [1.82, 2.24) is 0 Å². The van der Waals surface area contributed by atoms with E-state index in [1.807, 2.05) is 0 Å². The quantitative estimate of drug-likeness (QED) is 0.533. The first-order valence-corrected chi connectivity index (χ1v) is 5.40. The first kappa shape index (κ1) is 13.5. The average Bonchev–Trinajstić information content (AvgIpc) is 2.44. The molecule has 0 radical (unpaired) electrons. The topological polar surface area (TPSA) is 78.9 Å². The van der Waals surface area contributed by atoms with Crippen LogP contribution in [0.4, 0.5) is 0 Å². The number of carbonyl (C=O) groups excluding carboxylic acids is 3. The van der Waals surface area contributed by atoms with Gasteiger partial charge in [0.2, 0.25) is 0 Å². The van der Waals surface area contributed by atoms with Gasteiger partial charge in [-0.2, -0.15) is 0 Å². The lowest BCUT2D eigenvalue weighted by Gasteiger charge is -2.18. The van der Waals surface area contributed by atoms with Crippen LogP contribution >= 0.6 is 0 Å². The molecular formula is C11H16O6. The third-order valence-corrected chi connectivity index (χ3v) is 2.37. The Morgan fingerprint density at radius 3 is 1.41 bits per heavy atom. The van der Waals surface area contributed by atoms with Crippen molar-refractivity contribution in [2.24, 2.45) is 0 Å². The lowest BCUT2D eigenvalue weighted by molar-refractivity contribution is -0.162. The van der Waals surface area contributed by atoms with Crippen molar-refractivity contribution in [1.29, 1.82) is 0 Å². The Morgan fingerprint density at radius 1 is 0.765 bits per heavy atom. The highest BCUT2D eigenvalue weighted by molar-refractivity contribution is 5.68. The molecule has 0 bridgehead atoms. The molecule has 0 aromatic carbocycles. The van der Waals surface area contributed by atoms with Crippen LogP contribution < -0.4 is 0 Å². The van der Waals surface area contributed by atoms with Crippen molar-refractivity contribution in [2.45, 2.75) is 51.9 Å². The Balaban J connectivity index is 2.61. The fourth-order valence-electron chi connectivity index (χ4n) is 1.92. The summed E-state index contributed by atoms with van der Waals surface area (Å²) in [6, 6.07) is 0. The van der Waals surface area contributed by atoms with Crippen molar-refractivity contribution in [3.8, 4) is 0 Å². The Hall–Kier alpha value is -1.59. The van der Waals surface area contributed by atoms with E-state index in [2.05, 4.69) is 0 Å². The number of carbonyl (C=O) groups is 3. The molecule has 0 aromatic rings. The van der Waals surface area contributed by atoms with Gasteiger partial charge in [0.15, 0.2) is 0 Å². The zero-order chi connectivity index (χ0) is 13.0. The molecule has 1 aliphatic rings. The van der Waals surface area contributed by atoms with Crippen molar-refractivity contribution < 1.29 is 28.6 Å². The van der Waals surface area contributed by atoms with Crippen molar-refractivity contribution in [2.75, 3.05) is 0 Å². The molecule has 6 heteroatoms. The highest BCUT2D eigenvalue weighted by Gasteiger charge is 2.40. The number of esters is 3. The average molecular weight is 244 g/mol. The molecule has 1 rings (SSSR count). The normalized spacial score (nSPS) is 27.4. The second kappa shape index (κ2) is 5.65. The summed E-state index contributed by atoms with van der Waals surface area (Å²) in [5.74, 6) is -1.30. The van der Waals surface area contributed by atoms with Gasteiger partial charge in [-0.3, -0.25) is 14.4 Å². The molecular weight excluding hydrogens is 228 g/mol. The Bertz CT molecular complexity index is 300. The van der Waals surface area contributed by atoms with Crippen molar-refractivity contribution in [3.63, 3.8) is 0 Å². The van der Waals surface area contributed by atoms with Crippen LogP contribution in [-0.4, -0.2) is 36.2 Å². The van der Waals surface area contributed by atoms with Crippen LogP contribution in [0.2, 0.25) is 0 Å². The van der Waals surface area contributed by atoms with Gasteiger partial charge in [-0.1, -0.05) is 0 Å². The largest absolute Gasteiger partial charge is 0.462 e. The van der Waals surface area contributed by atoms with Crippen LogP contribution in [0.5, 0.6) is 0 Å². The summed E-state index contributed by atoms with van der Waals surface area (Å²) < 4.78 is 15.1. The number of hydrogen-bond acceptors (Lipinski definition) is 6. The van der Waals surface area contributed by atoms with Gasteiger partial charge in [0, 0.05) is 33.6 Å². The van der Waals surface area contributed by atoms with E-state index in [1.165, 1.54) is 20.8 Å². The zero-order valence-corrected chi connectivity index (χ0v) is 10.1. The molecule has 0 unspecified atom stereocenters. The fourth-order valence-corrected chi connectivity index (χ4v) is 1.92. The lowest BCUT2D eigenvalue weighted by Crippen LogP contribution is -2.29. The van der Waals surface area contributed by atoms with E-state index >= 15 is 0 Å². The van der Waals surface area contributed by atoms with E-state index in [0.29, 0.717) is 12.8 Å². The second-order valence-electron chi connectivity index (χ2n) is 4.00. The first-order chi connectivity index (χ1) is 7.88. The molecule has 0 aromatic heterocycles. The van der Waals surface area contributed by atoms with Gasteiger partial charge in [0.05, 0.1) is 0 Å². The van der Waals surface area contributed by atoms with Gasteiger partial charge in [-0.15, -0.1) is 0 Å². The maximum Gasteiger partial charge on any atom is 0.303 e. The summed E-state index contributed by atoms with van der Waals surface area (Å²) in [6.07, 6.45) is -0.739. The summed E-state index contributed by atoms with van der Waals surface area (Å²) in [5, 5.41) is 0. The molecule has 0 saturated heterocycles. The van der Waals surface area contributed by atoms with Crippen molar-refractivity contribution in [3.05, 3.63) is 0 Å². The fraction of sp³-hybridized carbons (Fsp3) is 0.727. The molecule has 3 atom stereocenters. The Labute approximate surface area is 99.2 Å². The van der Waals surface area contributed by atoms with E-state index in [4.69, 9.17) is 14.2 Å². The van der Waals surface area contributed by atoms with Gasteiger partial charge < -0.3 is 14.2 Å². The monoisotopic (exact) mass is 244 g/mol. The van der Waals surface area contributed by atoms with E-state index in [0.717, 1.165) is 0 Å². The van der Waals surface area contributed by atoms with Gasteiger partial charge >= 0.3 is 17.9 Å². The highest BCUT2D eigenvalue weighted by atomic mass is 16.6. The molecule has 1 saturated carbocycles. The molecule has 0 heterocycles. The van der Waals surface area contributed by atoms with Crippen LogP contribution in [-0.2, 0) is 28.6 Å². The minimum absolute atomic E-state index is 0.358. The molecule has 0 aliphatic heterocycles. The molecule has 1 aliphatic carbocycles. The molecule has 6 nitrogen and oxygen atoms in total. The van der Waals surface area contributed by atoms with Crippen LogP contribution in [0.3, 0.4) is 0 Å². The van der Waals surface area contributed by atoms with Crippen LogP contribution in [0.1, 0.15) is 33.6 Å². The summed E-state index contributed by atoms with van der Waals surface area (Å²) in [5.41, 5.74) is 0. The highest BCUT2D eigenvalue weighted by Crippen LogP contribution is 2.28. The molecule has 0 spiro atoms. The number of ether oxygens (including phenoxy) is 3. The SMILES string of the molecule is CC(=O)O[C@H]1C[C@H](OC(C)=O)[C@H](OC(C)=O)C1. The Morgan fingerprint density at radius 2 is 1.12 bits per heavy atom. The second-order valence-corrected chi connectivity index (χ2v) is 4.00. The molecule has 0 N–H and O–H groups in total. The third-order valence-electron chi connectivity index (χ3n) is 2.37. The number of hydrogen-bond donors (Lipinski definition) is 0. The number of rotatable bonds is 3. The third kappa shape index (κ3) is 4.42. The summed E-state index contributed by atoms with van der Waals surface area (Å²) in [7, 11) is 0. The summed E-state index contributed by atoms with van der Waals surface area (Å²) in [4.78, 5) is 32.6. The molecule has 0 amide bonds. The minimum atomic E-state index is -0.541. The zero-order valence-electron chi connectivity index (χ0n) is 10.1. The maximum absolute atomic E-state index is 10.9. The molecule has 1 fully saturated rings. The molecule has 17 heavy (non-hydrogen) atoms. The van der Waals surface area contributed by atoms with Crippen molar-refractivity contribution >= 4 is 17.9 Å².